The van der Waals surface area contributed by atoms with E-state index < -0.39 is 0 Å². The topological polar surface area (TPSA) is 37.4 Å². The number of ketones is 2. The minimum Gasteiger partial charge on any atom is -0.310 e. The Bertz CT molecular complexity index is 2670. The summed E-state index contributed by atoms with van der Waals surface area (Å²) >= 11 is 0. The Kier molecular flexibility index (Phi) is 6.79. The molecule has 260 valence electrons. The Morgan fingerprint density at radius 2 is 0.926 bits per heavy atom. The van der Waals surface area contributed by atoms with Crippen molar-refractivity contribution in [3.8, 4) is 22.3 Å². The van der Waals surface area contributed by atoms with Crippen molar-refractivity contribution >= 4 is 45.5 Å². The van der Waals surface area contributed by atoms with Gasteiger partial charge in [0.2, 0.25) is 0 Å². The minimum atomic E-state index is -0.215. The van der Waals surface area contributed by atoms with Gasteiger partial charge in [-0.25, -0.2) is 0 Å². The van der Waals surface area contributed by atoms with Gasteiger partial charge in [-0.15, -0.1) is 0 Å². The average molecular weight is 698 g/mol. The summed E-state index contributed by atoms with van der Waals surface area (Å²) in [6, 6.07) is 49.1. The Morgan fingerprint density at radius 1 is 0.463 bits per heavy atom. The number of Topliss-reactive ketones (excluding diaryl/α,β-unsaturated/α-hetero) is 2. The zero-order chi connectivity index (χ0) is 37.1. The van der Waals surface area contributed by atoms with Gasteiger partial charge in [0.1, 0.15) is 0 Å². The lowest BCUT2D eigenvalue weighted by Gasteiger charge is -2.30. The van der Waals surface area contributed by atoms with E-state index in [1.54, 1.807) is 6.08 Å². The first-order valence-electron chi connectivity index (χ1n) is 18.8. The monoisotopic (exact) mass is 697 g/mol. The maximum Gasteiger partial charge on any atom is 0.197 e. The second-order valence-corrected chi connectivity index (χ2v) is 16.1. The molecule has 3 aliphatic rings. The fourth-order valence-corrected chi connectivity index (χ4v) is 9.42. The second kappa shape index (κ2) is 11.3. The molecule has 0 amide bonds. The largest absolute Gasteiger partial charge is 0.310 e. The quantitative estimate of drug-likeness (QED) is 0.136. The van der Waals surface area contributed by atoms with Gasteiger partial charge in [0, 0.05) is 39.0 Å². The van der Waals surface area contributed by atoms with Crippen LogP contribution in [0.4, 0.5) is 17.1 Å². The van der Waals surface area contributed by atoms with Crippen molar-refractivity contribution in [2.24, 2.45) is 0 Å². The molecule has 0 saturated carbocycles. The number of nitrogens with zero attached hydrogens (tertiary/aromatic N) is 1. The Labute approximate surface area is 316 Å². The van der Waals surface area contributed by atoms with Crippen molar-refractivity contribution in [1.82, 2.24) is 0 Å². The normalized spacial score (nSPS) is 15.5. The van der Waals surface area contributed by atoms with Crippen molar-refractivity contribution in [2.75, 3.05) is 4.90 Å². The van der Waals surface area contributed by atoms with E-state index in [2.05, 4.69) is 137 Å². The number of carbonyl (C=O) groups excluding carboxylic acids is 2. The van der Waals surface area contributed by atoms with Gasteiger partial charge in [-0.1, -0.05) is 119 Å². The van der Waals surface area contributed by atoms with Crippen LogP contribution in [0.5, 0.6) is 0 Å². The summed E-state index contributed by atoms with van der Waals surface area (Å²) in [5.74, 6) is -0.430. The minimum absolute atomic E-state index is 0.149. The molecule has 10 rings (SSSR count). The number of hydrogen-bond donors (Lipinski definition) is 0. The Hall–Kier alpha value is -6.32. The first kappa shape index (κ1) is 32.3. The molecule has 7 aromatic rings. The van der Waals surface area contributed by atoms with Gasteiger partial charge in [-0.2, -0.15) is 0 Å². The third-order valence-corrected chi connectivity index (χ3v) is 12.3. The third-order valence-electron chi connectivity index (χ3n) is 12.3. The third kappa shape index (κ3) is 4.54. The van der Waals surface area contributed by atoms with Crippen LogP contribution in [-0.4, -0.2) is 11.6 Å². The first-order valence-corrected chi connectivity index (χ1v) is 18.8. The van der Waals surface area contributed by atoms with Gasteiger partial charge in [0.25, 0.3) is 0 Å². The van der Waals surface area contributed by atoms with Gasteiger partial charge < -0.3 is 4.90 Å². The van der Waals surface area contributed by atoms with Crippen molar-refractivity contribution in [3.05, 3.63) is 190 Å². The summed E-state index contributed by atoms with van der Waals surface area (Å²) in [7, 11) is 0. The highest BCUT2D eigenvalue weighted by Crippen LogP contribution is 2.53. The number of rotatable bonds is 4. The van der Waals surface area contributed by atoms with Crippen LogP contribution in [0.3, 0.4) is 0 Å². The van der Waals surface area contributed by atoms with Gasteiger partial charge in [0.05, 0.1) is 5.57 Å². The molecule has 0 unspecified atom stereocenters. The van der Waals surface area contributed by atoms with E-state index >= 15 is 0 Å². The SMILES string of the molecule is Cc1cc(C=C2C(=O)c3cc4ccccc4cc3C2=O)ccc1N(c1ccc2c(c1)C(C)(C)c1ccccc1-2)c1ccc2c(c1)C(C)(C)c1ccccc1-2. The molecule has 0 fully saturated rings. The van der Waals surface area contributed by atoms with Crippen molar-refractivity contribution < 1.29 is 9.59 Å². The van der Waals surface area contributed by atoms with Crippen LogP contribution in [-0.2, 0) is 10.8 Å². The van der Waals surface area contributed by atoms with E-state index in [0.29, 0.717) is 11.1 Å². The van der Waals surface area contributed by atoms with Crippen LogP contribution < -0.4 is 4.90 Å². The standard InChI is InChI=1S/C51H39NO2/c1-30-24-31(25-42-48(53)40-26-32-12-6-7-13-33(32)27-41(40)49(42)54)18-23-47(30)52(34-19-21-38-36-14-8-10-16-43(36)50(2,3)45(38)28-34)35-20-22-39-37-15-9-11-17-44(37)51(4,5)46(39)29-35/h6-29H,1-5H3. The summed E-state index contributed by atoms with van der Waals surface area (Å²) in [6.45, 7) is 11.4. The van der Waals surface area contributed by atoms with E-state index in [1.807, 2.05) is 42.5 Å². The molecule has 3 heteroatoms. The molecule has 3 aliphatic carbocycles. The van der Waals surface area contributed by atoms with E-state index in [0.717, 1.165) is 39.0 Å². The molecule has 0 bridgehead atoms. The lowest BCUT2D eigenvalue weighted by atomic mass is 9.82. The Balaban J connectivity index is 1.10. The highest BCUT2D eigenvalue weighted by Gasteiger charge is 2.38. The Morgan fingerprint density at radius 3 is 1.43 bits per heavy atom. The molecule has 0 radical (unpaired) electrons. The molecule has 0 spiro atoms. The van der Waals surface area contributed by atoms with Gasteiger partial charge >= 0.3 is 0 Å². The van der Waals surface area contributed by atoms with Crippen LogP contribution in [0.2, 0.25) is 0 Å². The molecule has 0 N–H and O–H groups in total. The summed E-state index contributed by atoms with van der Waals surface area (Å²) in [6.07, 6.45) is 1.76. The molecule has 0 heterocycles. The van der Waals surface area contributed by atoms with Gasteiger partial charge in [-0.3, -0.25) is 9.59 Å². The maximum absolute atomic E-state index is 13.6. The van der Waals surface area contributed by atoms with Crippen LogP contribution in [0, 0.1) is 6.92 Å². The lowest BCUT2D eigenvalue weighted by molar-refractivity contribution is 0.0990. The van der Waals surface area contributed by atoms with Crippen LogP contribution in [0.15, 0.2) is 145 Å². The zero-order valence-electron chi connectivity index (χ0n) is 31.1. The summed E-state index contributed by atoms with van der Waals surface area (Å²) in [5, 5.41) is 1.91. The van der Waals surface area contributed by atoms with Gasteiger partial charge in [0.15, 0.2) is 11.6 Å². The molecule has 7 aromatic carbocycles. The fraction of sp³-hybridized carbons (Fsp3) is 0.137. The molecule has 54 heavy (non-hydrogen) atoms. The van der Waals surface area contributed by atoms with Crippen LogP contribution in [0.25, 0.3) is 39.1 Å². The smallest absolute Gasteiger partial charge is 0.197 e. The van der Waals surface area contributed by atoms with Gasteiger partial charge in [-0.05, 0) is 128 Å². The van der Waals surface area contributed by atoms with E-state index in [-0.39, 0.29) is 28.0 Å². The predicted molar refractivity (Wildman–Crippen MR) is 222 cm³/mol. The number of allylic oxidation sites excluding steroid dienone is 1. The molecule has 0 saturated heterocycles. The number of fused-ring (bicyclic) bond motifs is 8. The fourth-order valence-electron chi connectivity index (χ4n) is 9.42. The zero-order valence-corrected chi connectivity index (χ0v) is 31.1. The lowest BCUT2D eigenvalue weighted by Crippen LogP contribution is -2.18. The molecule has 0 aromatic heterocycles. The number of hydrogen-bond acceptors (Lipinski definition) is 3. The van der Waals surface area contributed by atoms with Crippen molar-refractivity contribution in [2.45, 2.75) is 45.4 Å². The second-order valence-electron chi connectivity index (χ2n) is 16.1. The summed E-state index contributed by atoms with van der Waals surface area (Å²) < 4.78 is 0. The average Bonchev–Trinajstić information content (AvgIpc) is 3.66. The number of aryl methyl sites for hydroxylation is 1. The predicted octanol–water partition coefficient (Wildman–Crippen LogP) is 12.7. The maximum atomic E-state index is 13.6. The number of benzene rings is 7. The number of carbonyl (C=O) groups is 2. The molecular weight excluding hydrogens is 659 g/mol. The number of anilines is 3. The van der Waals surface area contributed by atoms with Crippen LogP contribution >= 0.6 is 0 Å². The molecule has 3 nitrogen and oxygen atoms in total. The first-order chi connectivity index (χ1) is 26.0. The van der Waals surface area contributed by atoms with Crippen LogP contribution in [0.1, 0.15) is 81.8 Å². The summed E-state index contributed by atoms with van der Waals surface area (Å²) in [5.41, 5.74) is 16.4. The summed E-state index contributed by atoms with van der Waals surface area (Å²) in [4.78, 5) is 29.7. The molecular formula is C51H39NO2. The molecule has 0 aliphatic heterocycles. The van der Waals surface area contributed by atoms with E-state index in [4.69, 9.17) is 0 Å². The van der Waals surface area contributed by atoms with Crippen molar-refractivity contribution in [1.29, 1.82) is 0 Å². The molecule has 0 atom stereocenters. The van der Waals surface area contributed by atoms with E-state index in [1.165, 1.54) is 44.5 Å². The highest BCUT2D eigenvalue weighted by molar-refractivity contribution is 6.42. The highest BCUT2D eigenvalue weighted by atomic mass is 16.2. The van der Waals surface area contributed by atoms with E-state index in [9.17, 15) is 9.59 Å². The van der Waals surface area contributed by atoms with Crippen molar-refractivity contribution in [3.63, 3.8) is 0 Å².